The van der Waals surface area contributed by atoms with E-state index in [0.717, 1.165) is 29.8 Å². The van der Waals surface area contributed by atoms with Crippen molar-refractivity contribution in [3.05, 3.63) is 48.5 Å². The van der Waals surface area contributed by atoms with Crippen LogP contribution in [0.4, 0.5) is 5.82 Å². The van der Waals surface area contributed by atoms with Crippen LogP contribution in [0.15, 0.2) is 43.0 Å². The standard InChI is InChI=1S/C17H19N5/c1-12(2)13-4-5-16-15(8-13)17(19-11-18-16)21-9-14(10-21)22-7-3-6-20-22/h3-8,11-12,14H,9-10H2,1-2H3. The van der Waals surface area contributed by atoms with Crippen LogP contribution in [0.3, 0.4) is 0 Å². The van der Waals surface area contributed by atoms with Gasteiger partial charge in [-0.2, -0.15) is 5.10 Å². The lowest BCUT2D eigenvalue weighted by molar-refractivity contribution is 0.366. The van der Waals surface area contributed by atoms with E-state index in [1.54, 1.807) is 6.33 Å². The van der Waals surface area contributed by atoms with Crippen molar-refractivity contribution in [2.24, 2.45) is 0 Å². The third-order valence-electron chi connectivity index (χ3n) is 4.37. The highest BCUT2D eigenvalue weighted by atomic mass is 15.4. The summed E-state index contributed by atoms with van der Waals surface area (Å²) >= 11 is 0. The Morgan fingerprint density at radius 2 is 2.05 bits per heavy atom. The zero-order chi connectivity index (χ0) is 15.1. The van der Waals surface area contributed by atoms with E-state index in [1.165, 1.54) is 5.56 Å². The summed E-state index contributed by atoms with van der Waals surface area (Å²) in [4.78, 5) is 11.2. The topological polar surface area (TPSA) is 46.8 Å². The zero-order valence-electron chi connectivity index (χ0n) is 12.8. The summed E-state index contributed by atoms with van der Waals surface area (Å²) in [5.74, 6) is 1.54. The number of anilines is 1. The van der Waals surface area contributed by atoms with Crippen molar-refractivity contribution in [3.63, 3.8) is 0 Å². The number of rotatable bonds is 3. The number of aromatic nitrogens is 4. The summed E-state index contributed by atoms with van der Waals surface area (Å²) in [5, 5.41) is 5.47. The van der Waals surface area contributed by atoms with Gasteiger partial charge in [0.25, 0.3) is 0 Å². The van der Waals surface area contributed by atoms with E-state index in [1.807, 2.05) is 23.1 Å². The molecular weight excluding hydrogens is 274 g/mol. The van der Waals surface area contributed by atoms with E-state index in [4.69, 9.17) is 0 Å². The summed E-state index contributed by atoms with van der Waals surface area (Å²) in [5.41, 5.74) is 2.34. The molecule has 0 aliphatic carbocycles. The van der Waals surface area contributed by atoms with Crippen LogP contribution in [0, 0.1) is 0 Å². The second kappa shape index (κ2) is 5.09. The van der Waals surface area contributed by atoms with E-state index in [9.17, 15) is 0 Å². The average molecular weight is 293 g/mol. The van der Waals surface area contributed by atoms with Crippen molar-refractivity contribution in [1.29, 1.82) is 0 Å². The van der Waals surface area contributed by atoms with E-state index >= 15 is 0 Å². The Balaban J connectivity index is 1.66. The second-order valence-corrected chi connectivity index (χ2v) is 6.17. The Morgan fingerprint density at radius 1 is 1.18 bits per heavy atom. The van der Waals surface area contributed by atoms with Crippen molar-refractivity contribution in [2.75, 3.05) is 18.0 Å². The van der Waals surface area contributed by atoms with Crippen LogP contribution in [0.1, 0.15) is 31.4 Å². The van der Waals surface area contributed by atoms with Crippen molar-refractivity contribution in [1.82, 2.24) is 19.7 Å². The van der Waals surface area contributed by atoms with Crippen molar-refractivity contribution in [3.8, 4) is 0 Å². The van der Waals surface area contributed by atoms with Gasteiger partial charge in [0, 0.05) is 30.9 Å². The molecule has 2 aromatic heterocycles. The summed E-state index contributed by atoms with van der Waals surface area (Å²) < 4.78 is 2.03. The maximum absolute atomic E-state index is 4.53. The predicted octanol–water partition coefficient (Wildman–Crippen LogP) is 3.01. The highest BCUT2D eigenvalue weighted by Gasteiger charge is 2.30. The summed E-state index contributed by atoms with van der Waals surface area (Å²) in [7, 11) is 0. The zero-order valence-corrected chi connectivity index (χ0v) is 12.8. The molecule has 0 radical (unpaired) electrons. The largest absolute Gasteiger partial charge is 0.352 e. The average Bonchev–Trinajstić information content (AvgIpc) is 2.99. The third-order valence-corrected chi connectivity index (χ3v) is 4.37. The Morgan fingerprint density at radius 3 is 2.77 bits per heavy atom. The van der Waals surface area contributed by atoms with Gasteiger partial charge >= 0.3 is 0 Å². The quantitative estimate of drug-likeness (QED) is 0.745. The van der Waals surface area contributed by atoms with Crippen molar-refractivity contribution in [2.45, 2.75) is 25.8 Å². The lowest BCUT2D eigenvalue weighted by Crippen LogP contribution is -2.48. The van der Waals surface area contributed by atoms with E-state index in [-0.39, 0.29) is 0 Å². The smallest absolute Gasteiger partial charge is 0.140 e. The number of nitrogens with zero attached hydrogens (tertiary/aromatic N) is 5. The Labute approximate surface area is 129 Å². The molecule has 1 aliphatic heterocycles. The van der Waals surface area contributed by atoms with Crippen LogP contribution in [0.2, 0.25) is 0 Å². The molecule has 1 aromatic carbocycles. The minimum atomic E-state index is 0.438. The van der Waals surface area contributed by atoms with Gasteiger partial charge in [0.1, 0.15) is 12.1 Å². The molecule has 22 heavy (non-hydrogen) atoms. The van der Waals surface area contributed by atoms with Crippen LogP contribution < -0.4 is 4.90 Å². The highest BCUT2D eigenvalue weighted by molar-refractivity contribution is 5.90. The summed E-state index contributed by atoms with van der Waals surface area (Å²) in [6, 6.07) is 8.90. The van der Waals surface area contributed by atoms with E-state index in [0.29, 0.717) is 12.0 Å². The van der Waals surface area contributed by atoms with Gasteiger partial charge in [-0.25, -0.2) is 9.97 Å². The Hall–Kier alpha value is -2.43. The fraction of sp³-hybridized carbons (Fsp3) is 0.353. The molecule has 1 saturated heterocycles. The minimum absolute atomic E-state index is 0.438. The predicted molar refractivity (Wildman–Crippen MR) is 87.1 cm³/mol. The molecule has 3 heterocycles. The lowest BCUT2D eigenvalue weighted by Gasteiger charge is -2.40. The first-order chi connectivity index (χ1) is 10.7. The molecule has 5 nitrogen and oxygen atoms in total. The molecule has 0 saturated carbocycles. The highest BCUT2D eigenvalue weighted by Crippen LogP contribution is 2.32. The van der Waals surface area contributed by atoms with Gasteiger partial charge in [0.2, 0.25) is 0 Å². The molecule has 1 aliphatic rings. The number of fused-ring (bicyclic) bond motifs is 1. The number of hydrogen-bond acceptors (Lipinski definition) is 4. The molecule has 0 spiro atoms. The van der Waals surface area contributed by atoms with Gasteiger partial charge in [0.05, 0.1) is 11.6 Å². The minimum Gasteiger partial charge on any atom is -0.352 e. The molecule has 0 bridgehead atoms. The molecule has 112 valence electrons. The summed E-state index contributed by atoms with van der Waals surface area (Å²) in [6.07, 6.45) is 5.52. The van der Waals surface area contributed by atoms with Gasteiger partial charge < -0.3 is 4.90 Å². The normalized spacial score (nSPS) is 15.5. The van der Waals surface area contributed by atoms with Crippen LogP contribution in [-0.4, -0.2) is 32.8 Å². The van der Waals surface area contributed by atoms with Gasteiger partial charge in [-0.05, 0) is 29.7 Å². The fourth-order valence-corrected chi connectivity index (χ4v) is 2.96. The SMILES string of the molecule is CC(C)c1ccc2ncnc(N3CC(n4cccn4)C3)c2c1. The summed E-state index contributed by atoms with van der Waals surface area (Å²) in [6.45, 7) is 6.31. The molecule has 3 aromatic rings. The molecule has 0 N–H and O–H groups in total. The molecular formula is C17H19N5. The van der Waals surface area contributed by atoms with Crippen molar-refractivity contribution >= 4 is 16.7 Å². The van der Waals surface area contributed by atoms with Gasteiger partial charge in [-0.3, -0.25) is 4.68 Å². The molecule has 0 amide bonds. The molecule has 1 fully saturated rings. The third kappa shape index (κ3) is 2.13. The van der Waals surface area contributed by atoms with Crippen LogP contribution >= 0.6 is 0 Å². The van der Waals surface area contributed by atoms with Crippen LogP contribution in [0.25, 0.3) is 10.9 Å². The van der Waals surface area contributed by atoms with Gasteiger partial charge in [-0.15, -0.1) is 0 Å². The Kier molecular flexibility index (Phi) is 3.06. The van der Waals surface area contributed by atoms with E-state index < -0.39 is 0 Å². The molecule has 0 unspecified atom stereocenters. The van der Waals surface area contributed by atoms with Crippen LogP contribution in [-0.2, 0) is 0 Å². The van der Waals surface area contributed by atoms with Crippen molar-refractivity contribution < 1.29 is 0 Å². The van der Waals surface area contributed by atoms with Gasteiger partial charge in [0.15, 0.2) is 0 Å². The molecule has 4 rings (SSSR count). The van der Waals surface area contributed by atoms with Gasteiger partial charge in [-0.1, -0.05) is 19.9 Å². The number of hydrogen-bond donors (Lipinski definition) is 0. The first-order valence-electron chi connectivity index (χ1n) is 7.71. The van der Waals surface area contributed by atoms with E-state index in [2.05, 4.69) is 52.0 Å². The fourth-order valence-electron chi connectivity index (χ4n) is 2.96. The molecule has 0 atom stereocenters. The lowest BCUT2D eigenvalue weighted by atomic mass is 10.0. The monoisotopic (exact) mass is 293 g/mol. The number of benzene rings is 1. The first kappa shape index (κ1) is 13.2. The molecule has 5 heteroatoms. The first-order valence-corrected chi connectivity index (χ1v) is 7.71. The Bertz CT molecular complexity index is 788. The maximum Gasteiger partial charge on any atom is 0.140 e. The second-order valence-electron chi connectivity index (χ2n) is 6.17. The maximum atomic E-state index is 4.53. The van der Waals surface area contributed by atoms with Crippen LogP contribution in [0.5, 0.6) is 0 Å².